The van der Waals surface area contributed by atoms with E-state index in [0.717, 1.165) is 60.8 Å². The van der Waals surface area contributed by atoms with Gasteiger partial charge in [-0.15, -0.1) is 0 Å². The Kier molecular flexibility index (Phi) is 5.40. The first-order chi connectivity index (χ1) is 17.0. The molecule has 3 aromatic carbocycles. The summed E-state index contributed by atoms with van der Waals surface area (Å²) in [5.41, 5.74) is 9.04. The minimum absolute atomic E-state index is 0.0332. The van der Waals surface area contributed by atoms with Crippen LogP contribution in [0.2, 0.25) is 0 Å². The molecule has 4 aromatic rings. The molecule has 6 rings (SSSR count). The lowest BCUT2D eigenvalue weighted by atomic mass is 9.89. The lowest BCUT2D eigenvalue weighted by Gasteiger charge is -2.17. The largest absolute Gasteiger partial charge is 0.396 e. The summed E-state index contributed by atoms with van der Waals surface area (Å²) >= 11 is 0. The number of carbonyl (C=O) groups is 1. The number of aryl methyl sites for hydroxylation is 1. The van der Waals surface area contributed by atoms with Crippen LogP contribution in [0.15, 0.2) is 42.5 Å². The molecule has 35 heavy (non-hydrogen) atoms. The highest BCUT2D eigenvalue weighted by Crippen LogP contribution is 2.53. The van der Waals surface area contributed by atoms with Crippen molar-refractivity contribution in [3.8, 4) is 11.1 Å². The van der Waals surface area contributed by atoms with Gasteiger partial charge in [0.15, 0.2) is 0 Å². The first-order valence-corrected chi connectivity index (χ1v) is 12.4. The molecular formula is C29H30N2O4. The number of hydrogen-bond donors (Lipinski definition) is 3. The second kappa shape index (κ2) is 8.48. The zero-order chi connectivity index (χ0) is 24.3. The SMILES string of the molecule is CC(C)OCc1ccc2c(c1)c1c3c(c4c(c1n2CCCO)C(CO)c1ccccc1-4)C(=O)NC3. The van der Waals surface area contributed by atoms with Crippen molar-refractivity contribution in [2.75, 3.05) is 13.2 Å². The van der Waals surface area contributed by atoms with E-state index in [2.05, 4.69) is 40.2 Å². The molecule has 0 saturated carbocycles. The Balaban J connectivity index is 1.74. The maximum Gasteiger partial charge on any atom is 0.252 e. The van der Waals surface area contributed by atoms with Crippen LogP contribution in [-0.2, 0) is 24.4 Å². The molecule has 1 atom stereocenters. The minimum Gasteiger partial charge on any atom is -0.396 e. The zero-order valence-corrected chi connectivity index (χ0v) is 20.1. The van der Waals surface area contributed by atoms with Gasteiger partial charge in [0, 0.05) is 47.5 Å². The van der Waals surface area contributed by atoms with Crippen LogP contribution in [0.3, 0.4) is 0 Å². The molecule has 2 heterocycles. The Morgan fingerprint density at radius 1 is 1.14 bits per heavy atom. The number of hydrogen-bond acceptors (Lipinski definition) is 4. The van der Waals surface area contributed by atoms with Crippen molar-refractivity contribution in [3.63, 3.8) is 0 Å². The molecule has 6 heteroatoms. The average Bonchev–Trinajstić information content (AvgIpc) is 3.50. The third-order valence-electron chi connectivity index (χ3n) is 7.42. The van der Waals surface area contributed by atoms with E-state index in [1.807, 2.05) is 26.0 Å². The predicted octanol–water partition coefficient (Wildman–Crippen LogP) is 4.45. The van der Waals surface area contributed by atoms with Gasteiger partial charge in [-0.1, -0.05) is 30.3 Å². The zero-order valence-electron chi connectivity index (χ0n) is 20.1. The fourth-order valence-corrected chi connectivity index (χ4v) is 6.01. The van der Waals surface area contributed by atoms with Crippen LogP contribution in [0.5, 0.6) is 0 Å². The number of fused-ring (bicyclic) bond motifs is 10. The van der Waals surface area contributed by atoms with Gasteiger partial charge in [-0.05, 0) is 60.2 Å². The summed E-state index contributed by atoms with van der Waals surface area (Å²) in [6.45, 7) is 5.77. The Labute approximate surface area is 204 Å². The Hall–Kier alpha value is -3.19. The van der Waals surface area contributed by atoms with Crippen molar-refractivity contribution >= 4 is 27.7 Å². The number of amides is 1. The molecule has 3 N–H and O–H groups in total. The number of aliphatic hydroxyl groups excluding tert-OH is 2. The van der Waals surface area contributed by atoms with Gasteiger partial charge in [0.25, 0.3) is 5.91 Å². The van der Waals surface area contributed by atoms with Gasteiger partial charge >= 0.3 is 0 Å². The van der Waals surface area contributed by atoms with E-state index < -0.39 is 0 Å². The van der Waals surface area contributed by atoms with Gasteiger partial charge in [-0.3, -0.25) is 4.79 Å². The van der Waals surface area contributed by atoms with E-state index in [-0.39, 0.29) is 31.1 Å². The molecule has 0 saturated heterocycles. The quantitative estimate of drug-likeness (QED) is 0.373. The fourth-order valence-electron chi connectivity index (χ4n) is 6.01. The predicted molar refractivity (Wildman–Crippen MR) is 137 cm³/mol. The number of aromatic nitrogens is 1. The summed E-state index contributed by atoms with van der Waals surface area (Å²) in [6.07, 6.45) is 0.756. The summed E-state index contributed by atoms with van der Waals surface area (Å²) in [7, 11) is 0. The summed E-state index contributed by atoms with van der Waals surface area (Å²) in [5, 5.41) is 25.5. The summed E-state index contributed by atoms with van der Waals surface area (Å²) < 4.78 is 8.16. The molecule has 0 bridgehead atoms. The van der Waals surface area contributed by atoms with Gasteiger partial charge in [0.2, 0.25) is 0 Å². The van der Waals surface area contributed by atoms with E-state index in [9.17, 15) is 15.0 Å². The number of carbonyl (C=O) groups excluding carboxylic acids is 1. The number of nitrogens with zero attached hydrogens (tertiary/aromatic N) is 1. The molecule has 1 aromatic heterocycles. The molecule has 0 radical (unpaired) electrons. The Morgan fingerprint density at radius 2 is 1.97 bits per heavy atom. The van der Waals surface area contributed by atoms with E-state index in [4.69, 9.17) is 4.74 Å². The molecule has 1 unspecified atom stereocenters. The van der Waals surface area contributed by atoms with E-state index in [1.54, 1.807) is 0 Å². The minimum atomic E-state index is -0.205. The second-order valence-electron chi connectivity index (χ2n) is 9.81. The topological polar surface area (TPSA) is 83.7 Å². The number of rotatable bonds is 7. The van der Waals surface area contributed by atoms with Crippen molar-refractivity contribution in [2.24, 2.45) is 0 Å². The van der Waals surface area contributed by atoms with E-state index in [1.165, 1.54) is 0 Å². The smallest absolute Gasteiger partial charge is 0.252 e. The highest BCUT2D eigenvalue weighted by atomic mass is 16.5. The highest BCUT2D eigenvalue weighted by Gasteiger charge is 2.39. The second-order valence-corrected chi connectivity index (χ2v) is 9.81. The van der Waals surface area contributed by atoms with Crippen molar-refractivity contribution in [1.82, 2.24) is 9.88 Å². The van der Waals surface area contributed by atoms with Crippen LogP contribution in [0.4, 0.5) is 0 Å². The third-order valence-corrected chi connectivity index (χ3v) is 7.42. The van der Waals surface area contributed by atoms with Gasteiger partial charge < -0.3 is 24.8 Å². The Morgan fingerprint density at radius 3 is 2.74 bits per heavy atom. The van der Waals surface area contributed by atoms with Gasteiger partial charge in [-0.2, -0.15) is 0 Å². The lowest BCUT2D eigenvalue weighted by Crippen LogP contribution is -2.13. The van der Waals surface area contributed by atoms with Crippen molar-refractivity contribution < 1.29 is 19.7 Å². The van der Waals surface area contributed by atoms with E-state index >= 15 is 0 Å². The molecular weight excluding hydrogens is 440 g/mol. The summed E-state index contributed by atoms with van der Waals surface area (Å²) in [5.74, 6) is -0.259. The Bertz CT molecular complexity index is 1480. The van der Waals surface area contributed by atoms with Crippen molar-refractivity contribution in [1.29, 1.82) is 0 Å². The number of aliphatic hydroxyl groups is 2. The first-order valence-electron chi connectivity index (χ1n) is 12.4. The van der Waals surface area contributed by atoms with Crippen LogP contribution in [-0.4, -0.2) is 40.0 Å². The van der Waals surface area contributed by atoms with E-state index in [0.29, 0.717) is 26.1 Å². The molecule has 2 aliphatic rings. The molecule has 0 spiro atoms. The maximum absolute atomic E-state index is 13.2. The summed E-state index contributed by atoms with van der Waals surface area (Å²) in [6, 6.07) is 14.5. The van der Waals surface area contributed by atoms with Crippen molar-refractivity contribution in [3.05, 3.63) is 70.3 Å². The monoisotopic (exact) mass is 470 g/mol. The van der Waals surface area contributed by atoms with Gasteiger partial charge in [-0.25, -0.2) is 0 Å². The number of nitrogens with one attached hydrogen (secondary N) is 1. The molecule has 6 nitrogen and oxygen atoms in total. The van der Waals surface area contributed by atoms with Crippen LogP contribution in [0.1, 0.15) is 58.8 Å². The standard InChI is InChI=1S/C29H30N2O4/c1-16(2)35-15-17-8-9-23-20(12-17)24-21-13-30-29(34)27(21)25-19-7-4-3-6-18(19)22(14-33)26(25)28(24)31(23)10-5-11-32/h3-4,6-9,12,16,22,32-33H,5,10-11,13-15H2,1-2H3,(H,30,34). The normalized spacial score (nSPS) is 16.3. The maximum atomic E-state index is 13.2. The number of benzene rings is 3. The third kappa shape index (κ3) is 3.24. The van der Waals surface area contributed by atoms with Gasteiger partial charge in [0.05, 0.1) is 30.4 Å². The van der Waals surface area contributed by atoms with Gasteiger partial charge in [0.1, 0.15) is 0 Å². The molecule has 180 valence electrons. The average molecular weight is 471 g/mol. The van der Waals surface area contributed by atoms with Crippen LogP contribution >= 0.6 is 0 Å². The molecule has 1 aliphatic heterocycles. The van der Waals surface area contributed by atoms with Crippen LogP contribution in [0, 0.1) is 0 Å². The first kappa shape index (κ1) is 22.3. The highest BCUT2D eigenvalue weighted by molar-refractivity contribution is 6.20. The molecule has 1 aliphatic carbocycles. The number of ether oxygens (including phenoxy) is 1. The lowest BCUT2D eigenvalue weighted by molar-refractivity contribution is 0.0658. The van der Waals surface area contributed by atoms with Crippen molar-refractivity contribution in [2.45, 2.75) is 52.0 Å². The molecule has 0 fully saturated rings. The molecule has 1 amide bonds. The fraction of sp³-hybridized carbons (Fsp3) is 0.345. The van der Waals surface area contributed by atoms with Crippen LogP contribution in [0.25, 0.3) is 32.9 Å². The summed E-state index contributed by atoms with van der Waals surface area (Å²) in [4.78, 5) is 13.2. The van der Waals surface area contributed by atoms with Crippen LogP contribution < -0.4 is 5.32 Å².